The lowest BCUT2D eigenvalue weighted by atomic mass is 10.00. The molecule has 14 heteroatoms. The van der Waals surface area contributed by atoms with Crippen LogP contribution in [0.5, 0.6) is 11.5 Å². The summed E-state index contributed by atoms with van der Waals surface area (Å²) in [5, 5.41) is 2.85. The van der Waals surface area contributed by atoms with E-state index in [0.717, 1.165) is 11.3 Å². The number of cyclic esters (lactones) is 1. The summed E-state index contributed by atoms with van der Waals surface area (Å²) in [7, 11) is -1.99. The first kappa shape index (κ1) is 35.4. The van der Waals surface area contributed by atoms with Gasteiger partial charge in [-0.3, -0.25) is 14.5 Å². The van der Waals surface area contributed by atoms with Crippen LogP contribution in [0.4, 0.5) is 10.5 Å². The van der Waals surface area contributed by atoms with Gasteiger partial charge in [0.15, 0.2) is 0 Å². The summed E-state index contributed by atoms with van der Waals surface area (Å²) in [5.74, 6) is 0.229. The molecule has 3 aliphatic rings. The van der Waals surface area contributed by atoms with Crippen LogP contribution in [0.25, 0.3) is 0 Å². The maximum Gasteiger partial charge on any atom is 0.414 e. The van der Waals surface area contributed by atoms with Crippen LogP contribution < -0.4 is 19.7 Å². The van der Waals surface area contributed by atoms with Crippen LogP contribution in [-0.4, -0.2) is 105 Å². The predicted octanol–water partition coefficient (Wildman–Crippen LogP) is 3.56. The number of amides is 2. The molecule has 2 aromatic rings. The van der Waals surface area contributed by atoms with E-state index in [-0.39, 0.29) is 49.6 Å². The van der Waals surface area contributed by atoms with Crippen molar-refractivity contribution >= 4 is 33.7 Å². The summed E-state index contributed by atoms with van der Waals surface area (Å²) in [6, 6.07) is 12.8. The SMILES string of the molecule is COc1cc(OC2CCN(S(=O)(=O)CCNCC(=O)OC(C)(C)C)CC2)ccc1C(=O)N1CCC(N2C(=O)OCc3ccccc32)CC1. The Morgan fingerprint density at radius 2 is 1.71 bits per heavy atom. The smallest absolute Gasteiger partial charge is 0.414 e. The summed E-state index contributed by atoms with van der Waals surface area (Å²) < 4.78 is 49.6. The third kappa shape index (κ3) is 8.77. The van der Waals surface area contributed by atoms with E-state index < -0.39 is 21.6 Å². The van der Waals surface area contributed by atoms with Crippen LogP contribution in [0.3, 0.4) is 0 Å². The monoisotopic (exact) mass is 686 g/mol. The number of sulfonamides is 1. The summed E-state index contributed by atoms with van der Waals surface area (Å²) in [5.41, 5.74) is 1.67. The van der Waals surface area contributed by atoms with Gasteiger partial charge >= 0.3 is 12.1 Å². The Balaban J connectivity index is 1.09. The van der Waals surface area contributed by atoms with Crippen LogP contribution in [-0.2, 0) is 30.9 Å². The molecule has 3 heterocycles. The summed E-state index contributed by atoms with van der Waals surface area (Å²) in [6.07, 6.45) is 1.71. The summed E-state index contributed by atoms with van der Waals surface area (Å²) in [6.45, 7) is 7.30. The molecule has 0 bridgehead atoms. The molecule has 0 radical (unpaired) electrons. The molecule has 0 unspecified atom stereocenters. The van der Waals surface area contributed by atoms with Gasteiger partial charge in [0.05, 0.1) is 30.7 Å². The number of hydrogen-bond donors (Lipinski definition) is 1. The number of ether oxygens (including phenoxy) is 4. The van der Waals surface area contributed by atoms with Crippen molar-refractivity contribution in [2.45, 2.75) is 70.8 Å². The molecule has 1 N–H and O–H groups in total. The first-order valence-corrected chi connectivity index (χ1v) is 18.0. The number of nitrogens with zero attached hydrogens (tertiary/aromatic N) is 3. The number of anilines is 1. The quantitative estimate of drug-likeness (QED) is 0.275. The normalized spacial score (nSPS) is 18.2. The molecule has 2 saturated heterocycles. The summed E-state index contributed by atoms with van der Waals surface area (Å²) >= 11 is 0. The maximum atomic E-state index is 13.5. The van der Waals surface area contributed by atoms with Gasteiger partial charge in [-0.15, -0.1) is 0 Å². The van der Waals surface area contributed by atoms with Crippen LogP contribution in [0.1, 0.15) is 62.4 Å². The van der Waals surface area contributed by atoms with Crippen molar-refractivity contribution in [3.63, 3.8) is 0 Å². The van der Waals surface area contributed by atoms with E-state index in [2.05, 4.69) is 5.32 Å². The highest BCUT2D eigenvalue weighted by molar-refractivity contribution is 7.89. The average molecular weight is 687 g/mol. The van der Waals surface area contributed by atoms with E-state index in [1.165, 1.54) is 11.4 Å². The average Bonchev–Trinajstić information content (AvgIpc) is 3.06. The standard InChI is InChI=1S/C34H46N4O9S/c1-34(2,3)47-31(39)22-35-15-20-48(42,43)37-18-13-26(14-19-37)46-27-9-10-28(30(21-27)44-4)32(40)36-16-11-25(12-17-36)38-29-8-6-5-7-24(29)23-45-33(38)41/h5-10,21,25-26,35H,11-20,22-23H2,1-4H3. The minimum atomic E-state index is -3.50. The Bertz CT molecular complexity index is 1580. The van der Waals surface area contributed by atoms with Gasteiger partial charge in [0.1, 0.15) is 29.8 Å². The van der Waals surface area contributed by atoms with Crippen molar-refractivity contribution in [2.24, 2.45) is 0 Å². The van der Waals surface area contributed by atoms with Crippen molar-refractivity contribution in [2.75, 3.05) is 57.0 Å². The van der Waals surface area contributed by atoms with Gasteiger partial charge in [0.25, 0.3) is 5.91 Å². The van der Waals surface area contributed by atoms with E-state index >= 15 is 0 Å². The zero-order chi connectivity index (χ0) is 34.5. The number of methoxy groups -OCH3 is 1. The molecular formula is C34H46N4O9S. The number of likely N-dealkylation sites (tertiary alicyclic amines) is 1. The number of fused-ring (bicyclic) bond motifs is 1. The molecule has 3 aliphatic heterocycles. The number of carbonyl (C=O) groups excluding carboxylic acids is 3. The number of carbonyl (C=O) groups is 3. The molecular weight excluding hydrogens is 640 g/mol. The molecule has 2 aromatic carbocycles. The van der Waals surface area contributed by atoms with Crippen molar-refractivity contribution in [3.05, 3.63) is 53.6 Å². The van der Waals surface area contributed by atoms with Crippen molar-refractivity contribution in [1.82, 2.24) is 14.5 Å². The number of esters is 1. The Kier molecular flexibility index (Phi) is 11.2. The zero-order valence-electron chi connectivity index (χ0n) is 28.1. The van der Waals surface area contributed by atoms with Gasteiger partial charge in [0.2, 0.25) is 10.0 Å². The Labute approximate surface area is 282 Å². The van der Waals surface area contributed by atoms with Crippen molar-refractivity contribution in [3.8, 4) is 11.5 Å². The van der Waals surface area contributed by atoms with Gasteiger partial charge in [-0.25, -0.2) is 17.5 Å². The van der Waals surface area contributed by atoms with Gasteiger partial charge in [-0.2, -0.15) is 0 Å². The van der Waals surface area contributed by atoms with Gasteiger partial charge < -0.3 is 29.2 Å². The molecule has 0 spiro atoms. The minimum Gasteiger partial charge on any atom is -0.496 e. The van der Waals surface area contributed by atoms with Gasteiger partial charge in [-0.05, 0) is 64.7 Å². The minimum absolute atomic E-state index is 0.0543. The Hall–Kier alpha value is -3.88. The molecule has 5 rings (SSSR count). The van der Waals surface area contributed by atoms with Gasteiger partial charge in [0, 0.05) is 50.4 Å². The van der Waals surface area contributed by atoms with Crippen LogP contribution in [0.2, 0.25) is 0 Å². The van der Waals surface area contributed by atoms with E-state index in [1.807, 2.05) is 24.3 Å². The highest BCUT2D eigenvalue weighted by atomic mass is 32.2. The second-order valence-corrected chi connectivity index (χ2v) is 15.3. The molecule has 0 aliphatic carbocycles. The van der Waals surface area contributed by atoms with Crippen LogP contribution >= 0.6 is 0 Å². The molecule has 0 aromatic heterocycles. The fraction of sp³-hybridized carbons (Fsp3) is 0.559. The number of nitrogens with one attached hydrogen (secondary N) is 1. The lowest BCUT2D eigenvalue weighted by Crippen LogP contribution is -2.50. The lowest BCUT2D eigenvalue weighted by molar-refractivity contribution is -0.153. The van der Waals surface area contributed by atoms with E-state index in [4.69, 9.17) is 18.9 Å². The molecule has 2 amide bonds. The number of para-hydroxylation sites is 1. The molecule has 0 saturated carbocycles. The van der Waals surface area contributed by atoms with Crippen LogP contribution in [0, 0.1) is 0 Å². The first-order chi connectivity index (χ1) is 22.8. The third-order valence-corrected chi connectivity index (χ3v) is 10.5. The molecule has 13 nitrogen and oxygen atoms in total. The van der Waals surface area contributed by atoms with Crippen molar-refractivity contribution < 1.29 is 41.7 Å². The molecule has 48 heavy (non-hydrogen) atoms. The number of benzene rings is 2. The van der Waals surface area contributed by atoms with Crippen molar-refractivity contribution in [1.29, 1.82) is 0 Å². The zero-order valence-corrected chi connectivity index (χ0v) is 28.9. The molecule has 262 valence electrons. The molecule has 2 fully saturated rings. The Morgan fingerprint density at radius 1 is 1.00 bits per heavy atom. The van der Waals surface area contributed by atoms with E-state index in [1.54, 1.807) is 48.8 Å². The topological polar surface area (TPSA) is 144 Å². The highest BCUT2D eigenvalue weighted by Crippen LogP contribution is 2.33. The summed E-state index contributed by atoms with van der Waals surface area (Å²) in [4.78, 5) is 41.5. The largest absolute Gasteiger partial charge is 0.496 e. The van der Waals surface area contributed by atoms with E-state index in [0.29, 0.717) is 68.9 Å². The van der Waals surface area contributed by atoms with E-state index in [9.17, 15) is 22.8 Å². The molecule has 0 atom stereocenters. The lowest BCUT2D eigenvalue weighted by Gasteiger charge is -2.40. The first-order valence-electron chi connectivity index (χ1n) is 16.4. The predicted molar refractivity (Wildman–Crippen MR) is 179 cm³/mol. The number of rotatable bonds is 11. The second kappa shape index (κ2) is 15.1. The maximum absolute atomic E-state index is 13.5. The van der Waals surface area contributed by atoms with Crippen LogP contribution in [0.15, 0.2) is 42.5 Å². The highest BCUT2D eigenvalue weighted by Gasteiger charge is 2.36. The fourth-order valence-electron chi connectivity index (χ4n) is 6.26. The number of piperidine rings is 2. The third-order valence-electron chi connectivity index (χ3n) is 8.64. The second-order valence-electron chi connectivity index (χ2n) is 13.2. The Morgan fingerprint density at radius 3 is 2.40 bits per heavy atom. The number of hydrogen-bond acceptors (Lipinski definition) is 10. The fourth-order valence-corrected chi connectivity index (χ4v) is 7.69. The van der Waals surface area contributed by atoms with Gasteiger partial charge in [-0.1, -0.05) is 18.2 Å².